The van der Waals surface area contributed by atoms with Crippen molar-refractivity contribution in [2.24, 2.45) is 0 Å². The zero-order valence-corrected chi connectivity index (χ0v) is 24.1. The van der Waals surface area contributed by atoms with Gasteiger partial charge in [-0.15, -0.1) is 0 Å². The monoisotopic (exact) mass is 602 g/mol. The third-order valence-corrected chi connectivity index (χ3v) is 15.0. The third kappa shape index (κ3) is 25.2. The normalized spacial score (nSPS) is 10.4. The van der Waals surface area contributed by atoms with E-state index in [2.05, 4.69) is 13.2 Å². The molecule has 0 atom stereocenters. The Hall–Kier alpha value is -1.09. The van der Waals surface area contributed by atoms with Gasteiger partial charge in [0.2, 0.25) is 16.6 Å². The molecule has 0 rings (SSSR count). The Morgan fingerprint density at radius 1 is 0.658 bits per heavy atom. The molecule has 0 unspecified atom stereocenters. The van der Waals surface area contributed by atoms with Gasteiger partial charge in [0.05, 0.1) is 13.2 Å². The molecule has 8 nitrogen and oxygen atoms in total. The number of ether oxygens (including phenoxy) is 4. The maximum atomic E-state index is 11.8. The van der Waals surface area contributed by atoms with Crippen LogP contribution in [0.2, 0.25) is 38.8 Å². The molecule has 0 bridgehead atoms. The van der Waals surface area contributed by atoms with Gasteiger partial charge in [-0.05, 0) is 59.0 Å². The highest BCUT2D eigenvalue weighted by Crippen LogP contribution is 2.26. The molecule has 234 valence electrons. The minimum Gasteiger partial charge on any atom is -0.463 e. The van der Waals surface area contributed by atoms with Gasteiger partial charge < -0.3 is 27.2 Å². The van der Waals surface area contributed by atoms with E-state index in [1.54, 1.807) is 21.0 Å². The first-order valence-corrected chi connectivity index (χ1v) is 19.5. The van der Waals surface area contributed by atoms with E-state index in [1.165, 1.54) is 0 Å². The van der Waals surface area contributed by atoms with E-state index in [4.69, 9.17) is 27.2 Å². The highest BCUT2D eigenvalue weighted by atomic mass is 28.5. The second-order valence-electron chi connectivity index (χ2n) is 9.28. The van der Waals surface area contributed by atoms with Crippen LogP contribution in [0.3, 0.4) is 0 Å². The lowest BCUT2D eigenvalue weighted by atomic mass is 10.4. The zero-order chi connectivity index (χ0) is 25.0. The largest absolute Gasteiger partial charge is 0.463 e. The van der Waals surface area contributed by atoms with Gasteiger partial charge in [0.1, 0.15) is 12.5 Å². The number of rotatable bonds is 17. The van der Waals surface area contributed by atoms with E-state index in [-0.39, 0.29) is 57.0 Å². The Kier molecular flexibility index (Phi) is 34.9. The molecule has 0 aliphatic carbocycles. The first kappa shape index (κ1) is 53.2. The summed E-state index contributed by atoms with van der Waals surface area (Å²) < 4.78 is 34.6. The number of esters is 2. The van der Waals surface area contributed by atoms with E-state index in [9.17, 15) is 9.59 Å². The molecule has 0 aliphatic rings. The van der Waals surface area contributed by atoms with Gasteiger partial charge in [0, 0.05) is 24.9 Å². The van der Waals surface area contributed by atoms with Crippen molar-refractivity contribution < 1.29 is 36.8 Å². The molecule has 11 heteroatoms. The highest BCUT2D eigenvalue weighted by molar-refractivity contribution is 6.88. The van der Waals surface area contributed by atoms with Crippen LogP contribution in [0.15, 0.2) is 24.3 Å². The standard InChI is InChI=1S/C21H42O8Si3.6CH4/c1-18(2)20(22)26-16-30(6,7)28-32(10,15-11-12-25-14-13-24-5)29-31(8,9)17-27-21(23)19(3)4;;;;;;/h1,3,11-17H2,2,4-10H3;6*1H4. The molecule has 0 N–H and O–H groups in total. The molecular formula is C27H66O8Si3. The average molecular weight is 603 g/mol. The van der Waals surface area contributed by atoms with Crippen LogP contribution in [0.25, 0.3) is 0 Å². The van der Waals surface area contributed by atoms with Crippen LogP contribution in [0.1, 0.15) is 64.8 Å². The molecule has 0 aromatic rings. The second kappa shape index (κ2) is 24.9. The molecule has 0 saturated heterocycles. The molecule has 0 amide bonds. The van der Waals surface area contributed by atoms with Gasteiger partial charge >= 0.3 is 20.5 Å². The predicted molar refractivity (Wildman–Crippen MR) is 173 cm³/mol. The fourth-order valence-corrected chi connectivity index (χ4v) is 15.7. The molecule has 0 radical (unpaired) electrons. The summed E-state index contributed by atoms with van der Waals surface area (Å²) in [6.07, 6.45) is 1.18. The van der Waals surface area contributed by atoms with Crippen LogP contribution in [-0.4, -0.2) is 76.5 Å². The van der Waals surface area contributed by atoms with E-state index in [0.717, 1.165) is 6.42 Å². The zero-order valence-electron chi connectivity index (χ0n) is 21.1. The van der Waals surface area contributed by atoms with Gasteiger partial charge in [-0.3, -0.25) is 0 Å². The minimum atomic E-state index is -2.70. The summed E-state index contributed by atoms with van der Waals surface area (Å²) in [7, 11) is -5.87. The molecular weight excluding hydrogens is 537 g/mol. The van der Waals surface area contributed by atoms with Crippen LogP contribution in [0, 0.1) is 0 Å². The smallest absolute Gasteiger partial charge is 0.332 e. The first-order chi connectivity index (χ1) is 14.6. The van der Waals surface area contributed by atoms with Crippen LogP contribution in [-0.2, 0) is 36.8 Å². The maximum absolute atomic E-state index is 11.8. The summed E-state index contributed by atoms with van der Waals surface area (Å²) in [5, 5.41) is 0. The van der Waals surface area contributed by atoms with Crippen molar-refractivity contribution in [1.82, 2.24) is 0 Å². The maximum Gasteiger partial charge on any atom is 0.332 e. The molecule has 0 aliphatic heterocycles. The molecule has 0 spiro atoms. The van der Waals surface area contributed by atoms with Crippen LogP contribution in [0.4, 0.5) is 0 Å². The lowest BCUT2D eigenvalue weighted by molar-refractivity contribution is -0.138. The number of carbonyl (C=O) groups is 2. The summed E-state index contributed by atoms with van der Waals surface area (Å²) in [6.45, 7) is 22.1. The number of hydrogen-bond donors (Lipinski definition) is 0. The van der Waals surface area contributed by atoms with Crippen molar-refractivity contribution in [3.63, 3.8) is 0 Å². The van der Waals surface area contributed by atoms with Crippen molar-refractivity contribution in [3.8, 4) is 0 Å². The van der Waals surface area contributed by atoms with Gasteiger partial charge in [-0.1, -0.05) is 57.7 Å². The fourth-order valence-electron chi connectivity index (χ4n) is 2.82. The second-order valence-corrected chi connectivity index (χ2v) is 21.3. The van der Waals surface area contributed by atoms with E-state index in [1.807, 2.05) is 32.7 Å². The van der Waals surface area contributed by atoms with Crippen molar-refractivity contribution in [2.45, 2.75) is 104 Å². The Labute approximate surface area is 241 Å². The summed E-state index contributed by atoms with van der Waals surface area (Å²) in [5.74, 6) is -0.849. The van der Waals surface area contributed by atoms with Gasteiger partial charge in [-0.2, -0.15) is 0 Å². The lowest BCUT2D eigenvalue weighted by Gasteiger charge is -2.40. The van der Waals surface area contributed by atoms with Crippen LogP contribution < -0.4 is 0 Å². The number of methoxy groups -OCH3 is 1. The average Bonchev–Trinajstić information content (AvgIpc) is 2.65. The quantitative estimate of drug-likeness (QED) is 0.0724. The van der Waals surface area contributed by atoms with E-state index >= 15 is 0 Å². The van der Waals surface area contributed by atoms with Crippen molar-refractivity contribution >= 4 is 37.1 Å². The molecule has 0 aromatic carbocycles. The molecule has 0 fully saturated rings. The van der Waals surface area contributed by atoms with E-state index in [0.29, 0.717) is 37.0 Å². The Morgan fingerprint density at radius 3 is 1.34 bits per heavy atom. The first-order valence-electron chi connectivity index (χ1n) is 10.8. The highest BCUT2D eigenvalue weighted by Gasteiger charge is 2.44. The molecule has 38 heavy (non-hydrogen) atoms. The van der Waals surface area contributed by atoms with Crippen molar-refractivity contribution in [2.75, 3.05) is 39.4 Å². The summed E-state index contributed by atoms with van der Waals surface area (Å²) in [4.78, 5) is 23.7. The fraction of sp³-hybridized carbons (Fsp3) is 0.778. The molecule has 0 aromatic heterocycles. The Balaban J connectivity index is -0.000000320. The SMILES string of the molecule is C.C.C.C.C.C.C=C(C)C(=O)OC[Si](C)(C)O[Si](C)(CCCOCCOC)O[Si](C)(C)COC(=O)C(=C)C. The Morgan fingerprint density at radius 2 is 1.03 bits per heavy atom. The van der Waals surface area contributed by atoms with Crippen molar-refractivity contribution in [1.29, 1.82) is 0 Å². The van der Waals surface area contributed by atoms with Gasteiger partial charge in [0.25, 0.3) is 0 Å². The minimum absolute atomic E-state index is 0. The predicted octanol–water partition coefficient (Wildman–Crippen LogP) is 7.69. The van der Waals surface area contributed by atoms with Crippen molar-refractivity contribution in [3.05, 3.63) is 24.3 Å². The Bertz CT molecular complexity index is 608. The molecule has 0 saturated carbocycles. The summed E-state index contributed by atoms with van der Waals surface area (Å²) in [5.41, 5.74) is 0.708. The van der Waals surface area contributed by atoms with Crippen LogP contribution in [0.5, 0.6) is 0 Å². The number of hydrogen-bond acceptors (Lipinski definition) is 8. The summed E-state index contributed by atoms with van der Waals surface area (Å²) >= 11 is 0. The third-order valence-electron chi connectivity index (χ3n) is 4.13. The summed E-state index contributed by atoms with van der Waals surface area (Å²) in [6, 6.07) is 0.704. The van der Waals surface area contributed by atoms with Gasteiger partial charge in [-0.25, -0.2) is 9.59 Å². The van der Waals surface area contributed by atoms with Crippen LogP contribution >= 0.6 is 0 Å². The number of carbonyl (C=O) groups excluding carboxylic acids is 2. The van der Waals surface area contributed by atoms with Gasteiger partial charge in [0.15, 0.2) is 0 Å². The molecule has 0 heterocycles. The lowest BCUT2D eigenvalue weighted by Crippen LogP contribution is -2.57. The van der Waals surface area contributed by atoms with E-state index < -0.39 is 37.1 Å². The topological polar surface area (TPSA) is 89.5 Å².